The van der Waals surface area contributed by atoms with Gasteiger partial charge in [-0.2, -0.15) is 0 Å². The van der Waals surface area contributed by atoms with E-state index in [1.807, 2.05) is 0 Å². The van der Waals surface area contributed by atoms with Gasteiger partial charge in [-0.1, -0.05) is 133 Å². The summed E-state index contributed by atoms with van der Waals surface area (Å²) in [6.45, 7) is 4.14. The van der Waals surface area contributed by atoms with Crippen LogP contribution in [-0.2, 0) is 0 Å². The first kappa shape index (κ1) is 31.3. The Bertz CT molecular complexity index is 2730. The maximum atomic E-state index is 5.41. The summed E-state index contributed by atoms with van der Waals surface area (Å²) in [5.74, 6) is 0. The Morgan fingerprint density at radius 3 is 1.48 bits per heavy atom. The number of hydrogen-bond acceptors (Lipinski definition) is 2. The van der Waals surface area contributed by atoms with Crippen LogP contribution in [0.15, 0.2) is 182 Å². The predicted molar refractivity (Wildman–Crippen MR) is 219 cm³/mol. The highest BCUT2D eigenvalue weighted by Crippen LogP contribution is 2.41. The molecule has 2 nitrogen and oxygen atoms in total. The lowest BCUT2D eigenvalue weighted by Crippen LogP contribution is -1.95. The van der Waals surface area contributed by atoms with Gasteiger partial charge in [0.1, 0.15) is 0 Å². The number of pyridine rings is 2. The molecule has 0 saturated carbocycles. The molecular formula is C50H36N2. The molecular weight excluding hydrogens is 629 g/mol. The van der Waals surface area contributed by atoms with Crippen LogP contribution < -0.4 is 0 Å². The monoisotopic (exact) mass is 664 g/mol. The van der Waals surface area contributed by atoms with E-state index < -0.39 is 0 Å². The SMILES string of the molecule is Cc1cc(-c2cc(-c3cc(-c4ccccc4-c4ccccc4)cc(-c4ccccc4)n3)cc(-c3cc4ccccc4c4ccccc34)c2)cc(C)n1. The van der Waals surface area contributed by atoms with Crippen LogP contribution in [-0.4, -0.2) is 9.97 Å². The average molecular weight is 665 g/mol. The molecule has 2 heterocycles. The highest BCUT2D eigenvalue weighted by atomic mass is 14.7. The van der Waals surface area contributed by atoms with Crippen molar-refractivity contribution < 1.29 is 0 Å². The zero-order chi connectivity index (χ0) is 35.0. The summed E-state index contributed by atoms with van der Waals surface area (Å²) >= 11 is 0. The molecule has 0 bridgehead atoms. The Balaban J connectivity index is 1.33. The van der Waals surface area contributed by atoms with Crippen molar-refractivity contribution in [1.82, 2.24) is 9.97 Å². The van der Waals surface area contributed by atoms with Crippen LogP contribution in [0.3, 0.4) is 0 Å². The van der Waals surface area contributed by atoms with Crippen LogP contribution in [0, 0.1) is 13.8 Å². The summed E-state index contributed by atoms with van der Waals surface area (Å²) in [5, 5.41) is 4.97. The fraction of sp³-hybridized carbons (Fsp3) is 0.0400. The van der Waals surface area contributed by atoms with Gasteiger partial charge in [-0.25, -0.2) is 4.98 Å². The van der Waals surface area contributed by atoms with Crippen molar-refractivity contribution >= 4 is 21.5 Å². The van der Waals surface area contributed by atoms with Crippen molar-refractivity contribution in [1.29, 1.82) is 0 Å². The third kappa shape index (κ3) is 5.95. The molecule has 246 valence electrons. The fourth-order valence-corrected chi connectivity index (χ4v) is 7.59. The minimum atomic E-state index is 0.926. The summed E-state index contributed by atoms with van der Waals surface area (Å²) < 4.78 is 0. The molecule has 2 aromatic heterocycles. The third-order valence-electron chi connectivity index (χ3n) is 9.94. The van der Waals surface area contributed by atoms with E-state index in [9.17, 15) is 0 Å². The number of aromatic nitrogens is 2. The molecule has 0 aliphatic carbocycles. The Kier molecular flexibility index (Phi) is 7.98. The van der Waals surface area contributed by atoms with Crippen LogP contribution in [0.4, 0.5) is 0 Å². The Morgan fingerprint density at radius 1 is 0.288 bits per heavy atom. The summed E-state index contributed by atoms with van der Waals surface area (Å²) in [6, 6.07) is 65.4. The van der Waals surface area contributed by atoms with Gasteiger partial charge in [-0.15, -0.1) is 0 Å². The Labute approximate surface area is 304 Å². The molecule has 0 N–H and O–H groups in total. The summed E-state index contributed by atoms with van der Waals surface area (Å²) in [4.78, 5) is 10.1. The standard InChI is InChI=1S/C50H36N2/c1-33-25-38(26-34(2)51-33)39-27-40(48-30-37-19-9-10-21-44(37)46-23-13-14-24-47(46)48)29-42(28-39)50-32-41(31-49(52-50)36-17-7-4-8-18-36)45-22-12-11-20-43(45)35-15-5-3-6-16-35/h3-32H,1-2H3. The summed E-state index contributed by atoms with van der Waals surface area (Å²) in [5.41, 5.74) is 15.3. The van der Waals surface area contributed by atoms with Gasteiger partial charge in [0.25, 0.3) is 0 Å². The number of benzene rings is 7. The largest absolute Gasteiger partial charge is 0.258 e. The zero-order valence-corrected chi connectivity index (χ0v) is 29.2. The van der Waals surface area contributed by atoms with Crippen LogP contribution >= 0.6 is 0 Å². The van der Waals surface area contributed by atoms with Crippen molar-refractivity contribution in [3.63, 3.8) is 0 Å². The highest BCUT2D eigenvalue weighted by molar-refractivity contribution is 6.14. The quantitative estimate of drug-likeness (QED) is 0.165. The minimum Gasteiger partial charge on any atom is -0.258 e. The van der Waals surface area contributed by atoms with Crippen LogP contribution in [0.5, 0.6) is 0 Å². The summed E-state index contributed by atoms with van der Waals surface area (Å²) in [6.07, 6.45) is 0. The second kappa shape index (κ2) is 13.2. The van der Waals surface area contributed by atoms with Crippen molar-refractivity contribution in [3.05, 3.63) is 193 Å². The first-order chi connectivity index (χ1) is 25.6. The van der Waals surface area contributed by atoms with Crippen LogP contribution in [0.1, 0.15) is 11.4 Å². The average Bonchev–Trinajstić information content (AvgIpc) is 3.20. The lowest BCUT2D eigenvalue weighted by molar-refractivity contribution is 1.12. The van der Waals surface area contributed by atoms with Gasteiger partial charge in [-0.05, 0) is 128 Å². The molecule has 52 heavy (non-hydrogen) atoms. The van der Waals surface area contributed by atoms with E-state index >= 15 is 0 Å². The smallest absolute Gasteiger partial charge is 0.0716 e. The van der Waals surface area contributed by atoms with E-state index in [0.717, 1.165) is 56.2 Å². The number of fused-ring (bicyclic) bond motifs is 3. The summed E-state index contributed by atoms with van der Waals surface area (Å²) in [7, 11) is 0. The molecule has 7 aromatic carbocycles. The molecule has 9 aromatic rings. The molecule has 0 aliphatic heterocycles. The Hall–Kier alpha value is -6.64. The number of aryl methyl sites for hydroxylation is 2. The third-order valence-corrected chi connectivity index (χ3v) is 9.94. The zero-order valence-electron chi connectivity index (χ0n) is 29.2. The molecule has 0 atom stereocenters. The maximum absolute atomic E-state index is 5.41. The molecule has 0 spiro atoms. The topological polar surface area (TPSA) is 25.8 Å². The van der Waals surface area contributed by atoms with E-state index in [-0.39, 0.29) is 0 Å². The van der Waals surface area contributed by atoms with Crippen molar-refractivity contribution in [2.45, 2.75) is 13.8 Å². The second-order valence-electron chi connectivity index (χ2n) is 13.5. The van der Waals surface area contributed by atoms with E-state index in [1.54, 1.807) is 0 Å². The molecule has 0 fully saturated rings. The molecule has 0 radical (unpaired) electrons. The van der Waals surface area contributed by atoms with Gasteiger partial charge in [0, 0.05) is 22.5 Å². The number of rotatable bonds is 6. The first-order valence-electron chi connectivity index (χ1n) is 17.8. The molecule has 9 rings (SSSR count). The fourth-order valence-electron chi connectivity index (χ4n) is 7.59. The molecule has 0 unspecified atom stereocenters. The van der Waals surface area contributed by atoms with Crippen molar-refractivity contribution in [2.75, 3.05) is 0 Å². The van der Waals surface area contributed by atoms with Crippen molar-refractivity contribution in [2.24, 2.45) is 0 Å². The number of hydrogen-bond donors (Lipinski definition) is 0. The van der Waals surface area contributed by atoms with Crippen LogP contribution in [0.2, 0.25) is 0 Å². The highest BCUT2D eigenvalue weighted by Gasteiger charge is 2.16. The lowest BCUT2D eigenvalue weighted by atomic mass is 9.89. The van der Waals surface area contributed by atoms with Gasteiger partial charge in [0.2, 0.25) is 0 Å². The van der Waals surface area contributed by atoms with Gasteiger partial charge in [0.05, 0.1) is 11.4 Å². The van der Waals surface area contributed by atoms with Gasteiger partial charge < -0.3 is 0 Å². The molecule has 0 saturated heterocycles. The van der Waals surface area contributed by atoms with E-state index in [0.29, 0.717) is 0 Å². The normalized spacial score (nSPS) is 11.3. The molecule has 0 amide bonds. The van der Waals surface area contributed by atoms with Crippen LogP contribution in [0.25, 0.3) is 88.6 Å². The van der Waals surface area contributed by atoms with Gasteiger partial charge in [-0.3, -0.25) is 4.98 Å². The van der Waals surface area contributed by atoms with E-state index in [2.05, 4.69) is 196 Å². The van der Waals surface area contributed by atoms with Gasteiger partial charge in [0.15, 0.2) is 0 Å². The van der Waals surface area contributed by atoms with Gasteiger partial charge >= 0.3 is 0 Å². The first-order valence-corrected chi connectivity index (χ1v) is 17.8. The van der Waals surface area contributed by atoms with E-state index in [4.69, 9.17) is 9.97 Å². The second-order valence-corrected chi connectivity index (χ2v) is 13.5. The minimum absolute atomic E-state index is 0.926. The maximum Gasteiger partial charge on any atom is 0.0716 e. The molecule has 0 aliphatic rings. The van der Waals surface area contributed by atoms with E-state index in [1.165, 1.54) is 43.8 Å². The lowest BCUT2D eigenvalue weighted by Gasteiger charge is -2.17. The Morgan fingerprint density at radius 2 is 0.769 bits per heavy atom. The predicted octanol–water partition coefficient (Wildman–Crippen LogP) is 13.4. The molecule has 2 heteroatoms. The van der Waals surface area contributed by atoms with Crippen molar-refractivity contribution in [3.8, 4) is 67.0 Å². The number of nitrogens with zero attached hydrogens (tertiary/aromatic N) is 2.